The van der Waals surface area contributed by atoms with E-state index in [0.29, 0.717) is 19.4 Å². The van der Waals surface area contributed by atoms with Crippen molar-refractivity contribution in [1.82, 2.24) is 0 Å². The standard InChI is InChI=1S/C9H16O5S/c1-2-8(9(10)11)15(12,13)7-4-3-5-14-6-7/h7-8H,2-6H2,1H3,(H,10,11). The minimum absolute atomic E-state index is 0.105. The van der Waals surface area contributed by atoms with E-state index in [2.05, 4.69) is 0 Å². The molecule has 88 valence electrons. The fourth-order valence-corrected chi connectivity index (χ4v) is 3.74. The van der Waals surface area contributed by atoms with Gasteiger partial charge < -0.3 is 9.84 Å². The minimum atomic E-state index is -3.60. The summed E-state index contributed by atoms with van der Waals surface area (Å²) in [5.41, 5.74) is 0. The van der Waals surface area contributed by atoms with E-state index < -0.39 is 26.3 Å². The second-order valence-electron chi connectivity index (χ2n) is 3.66. The molecule has 1 heterocycles. The van der Waals surface area contributed by atoms with Gasteiger partial charge in [-0.25, -0.2) is 8.42 Å². The molecule has 6 heteroatoms. The Balaban J connectivity index is 2.84. The van der Waals surface area contributed by atoms with E-state index in [1.807, 2.05) is 0 Å². The van der Waals surface area contributed by atoms with Crippen LogP contribution in [0.3, 0.4) is 0 Å². The minimum Gasteiger partial charge on any atom is -0.480 e. The van der Waals surface area contributed by atoms with Gasteiger partial charge >= 0.3 is 5.97 Å². The van der Waals surface area contributed by atoms with Crippen molar-refractivity contribution in [3.8, 4) is 0 Å². The highest BCUT2D eigenvalue weighted by Crippen LogP contribution is 2.20. The number of hydrogen-bond acceptors (Lipinski definition) is 4. The van der Waals surface area contributed by atoms with Crippen LogP contribution in [0.4, 0.5) is 0 Å². The first-order chi connectivity index (χ1) is 7.00. The number of carboxylic acid groups (broad SMARTS) is 1. The Morgan fingerprint density at radius 3 is 2.67 bits per heavy atom. The van der Waals surface area contributed by atoms with Crippen LogP contribution in [0.15, 0.2) is 0 Å². The van der Waals surface area contributed by atoms with E-state index in [1.165, 1.54) is 0 Å². The summed E-state index contributed by atoms with van der Waals surface area (Å²) in [4.78, 5) is 10.8. The van der Waals surface area contributed by atoms with E-state index in [1.54, 1.807) is 6.92 Å². The number of carboxylic acids is 1. The summed E-state index contributed by atoms with van der Waals surface area (Å²) >= 11 is 0. The van der Waals surface area contributed by atoms with E-state index in [-0.39, 0.29) is 13.0 Å². The van der Waals surface area contributed by atoms with Gasteiger partial charge in [-0.05, 0) is 19.3 Å². The van der Waals surface area contributed by atoms with Crippen LogP contribution < -0.4 is 0 Å². The highest BCUT2D eigenvalue weighted by molar-refractivity contribution is 7.93. The van der Waals surface area contributed by atoms with E-state index in [0.717, 1.165) is 0 Å². The molecule has 1 fully saturated rings. The Labute approximate surface area is 89.3 Å². The molecule has 2 atom stereocenters. The largest absolute Gasteiger partial charge is 0.480 e. The first-order valence-corrected chi connectivity index (χ1v) is 6.64. The Morgan fingerprint density at radius 2 is 2.27 bits per heavy atom. The average Bonchev–Trinajstić information content (AvgIpc) is 2.19. The molecular weight excluding hydrogens is 220 g/mol. The predicted octanol–water partition coefficient (Wildman–Crippen LogP) is 0.443. The van der Waals surface area contributed by atoms with E-state index in [9.17, 15) is 13.2 Å². The fourth-order valence-electron chi connectivity index (χ4n) is 1.75. The summed E-state index contributed by atoms with van der Waals surface area (Å²) in [6, 6.07) is 0. The van der Waals surface area contributed by atoms with E-state index >= 15 is 0 Å². The van der Waals surface area contributed by atoms with Crippen molar-refractivity contribution >= 4 is 15.8 Å². The summed E-state index contributed by atoms with van der Waals surface area (Å²) < 4.78 is 28.9. The highest BCUT2D eigenvalue weighted by Gasteiger charge is 2.38. The van der Waals surface area contributed by atoms with Gasteiger partial charge in [0.2, 0.25) is 0 Å². The van der Waals surface area contributed by atoms with Crippen LogP contribution in [0.5, 0.6) is 0 Å². The Morgan fingerprint density at radius 1 is 1.60 bits per heavy atom. The fraction of sp³-hybridized carbons (Fsp3) is 0.889. The summed E-state index contributed by atoms with van der Waals surface area (Å²) in [5, 5.41) is 6.89. The van der Waals surface area contributed by atoms with Crippen molar-refractivity contribution in [2.45, 2.75) is 36.7 Å². The molecule has 0 aromatic rings. The zero-order chi connectivity index (χ0) is 11.5. The van der Waals surface area contributed by atoms with Gasteiger partial charge in [-0.1, -0.05) is 6.92 Å². The lowest BCUT2D eigenvalue weighted by molar-refractivity contribution is -0.136. The zero-order valence-electron chi connectivity index (χ0n) is 8.68. The lowest BCUT2D eigenvalue weighted by Gasteiger charge is -2.24. The maximum absolute atomic E-state index is 11.9. The summed E-state index contributed by atoms with van der Waals surface area (Å²) in [5.74, 6) is -1.26. The second kappa shape index (κ2) is 4.94. The number of hydrogen-bond donors (Lipinski definition) is 1. The molecular formula is C9H16O5S. The van der Waals surface area contributed by atoms with Crippen LogP contribution in [-0.2, 0) is 19.4 Å². The summed E-state index contributed by atoms with van der Waals surface area (Å²) in [7, 11) is -3.60. The van der Waals surface area contributed by atoms with Gasteiger partial charge in [0, 0.05) is 6.61 Å². The molecule has 1 aliphatic rings. The highest BCUT2D eigenvalue weighted by atomic mass is 32.2. The van der Waals surface area contributed by atoms with Crippen molar-refractivity contribution in [2.24, 2.45) is 0 Å². The van der Waals surface area contributed by atoms with Gasteiger partial charge in [-0.15, -0.1) is 0 Å². The second-order valence-corrected chi connectivity index (χ2v) is 6.08. The number of aliphatic carboxylic acids is 1. The van der Waals surface area contributed by atoms with Gasteiger partial charge in [-0.2, -0.15) is 0 Å². The molecule has 5 nitrogen and oxygen atoms in total. The lowest BCUT2D eigenvalue weighted by atomic mass is 10.2. The van der Waals surface area contributed by atoms with Crippen molar-refractivity contribution in [3.63, 3.8) is 0 Å². The molecule has 0 radical (unpaired) electrons. The average molecular weight is 236 g/mol. The quantitative estimate of drug-likeness (QED) is 0.766. The Kier molecular flexibility index (Phi) is 4.10. The van der Waals surface area contributed by atoms with Crippen molar-refractivity contribution in [1.29, 1.82) is 0 Å². The van der Waals surface area contributed by atoms with Crippen LogP contribution in [-0.4, -0.2) is 43.2 Å². The molecule has 0 saturated carbocycles. The maximum Gasteiger partial charge on any atom is 0.321 e. The molecule has 0 spiro atoms. The van der Waals surface area contributed by atoms with E-state index in [4.69, 9.17) is 9.84 Å². The SMILES string of the molecule is CCC(C(=O)O)S(=O)(=O)C1CCCOC1. The number of rotatable bonds is 4. The third-order valence-corrected chi connectivity index (χ3v) is 5.26. The first kappa shape index (κ1) is 12.4. The zero-order valence-corrected chi connectivity index (χ0v) is 9.50. The molecule has 0 aliphatic carbocycles. The van der Waals surface area contributed by atoms with Crippen molar-refractivity contribution < 1.29 is 23.1 Å². The van der Waals surface area contributed by atoms with Crippen molar-refractivity contribution in [3.05, 3.63) is 0 Å². The normalized spacial score (nSPS) is 24.7. The predicted molar refractivity (Wildman–Crippen MR) is 54.5 cm³/mol. The van der Waals surface area contributed by atoms with Gasteiger partial charge in [-0.3, -0.25) is 4.79 Å². The molecule has 0 amide bonds. The first-order valence-electron chi connectivity index (χ1n) is 5.03. The maximum atomic E-state index is 11.9. The van der Waals surface area contributed by atoms with Gasteiger partial charge in [0.05, 0.1) is 11.9 Å². The van der Waals surface area contributed by atoms with Gasteiger partial charge in [0.1, 0.15) is 0 Å². The molecule has 15 heavy (non-hydrogen) atoms. The van der Waals surface area contributed by atoms with Crippen LogP contribution >= 0.6 is 0 Å². The van der Waals surface area contributed by atoms with Crippen LogP contribution in [0.1, 0.15) is 26.2 Å². The topological polar surface area (TPSA) is 80.7 Å². The summed E-state index contributed by atoms with van der Waals surface area (Å²) in [6.07, 6.45) is 1.29. The van der Waals surface area contributed by atoms with Crippen LogP contribution in [0.25, 0.3) is 0 Å². The molecule has 1 N–H and O–H groups in total. The van der Waals surface area contributed by atoms with Crippen molar-refractivity contribution in [2.75, 3.05) is 13.2 Å². The third kappa shape index (κ3) is 2.69. The molecule has 1 saturated heterocycles. The number of sulfone groups is 1. The van der Waals surface area contributed by atoms with Gasteiger partial charge in [0.15, 0.2) is 15.1 Å². The van der Waals surface area contributed by atoms with Gasteiger partial charge in [0.25, 0.3) is 0 Å². The smallest absolute Gasteiger partial charge is 0.321 e. The number of ether oxygens (including phenoxy) is 1. The third-order valence-electron chi connectivity index (χ3n) is 2.63. The van der Waals surface area contributed by atoms with Crippen LogP contribution in [0, 0.1) is 0 Å². The lowest BCUT2D eigenvalue weighted by Crippen LogP contribution is -2.41. The van der Waals surface area contributed by atoms with Crippen LogP contribution in [0.2, 0.25) is 0 Å². The Hall–Kier alpha value is -0.620. The molecule has 1 aliphatic heterocycles. The molecule has 0 aromatic carbocycles. The molecule has 1 rings (SSSR count). The number of carbonyl (C=O) groups is 1. The molecule has 2 unspecified atom stereocenters. The molecule has 0 bridgehead atoms. The monoisotopic (exact) mass is 236 g/mol. The summed E-state index contributed by atoms with van der Waals surface area (Å²) in [6.45, 7) is 2.27. The molecule has 0 aromatic heterocycles. The Bertz CT molecular complexity index is 315.